The van der Waals surface area contributed by atoms with Crippen molar-refractivity contribution in [2.24, 2.45) is 0 Å². The van der Waals surface area contributed by atoms with Gasteiger partial charge in [-0.25, -0.2) is 0 Å². The van der Waals surface area contributed by atoms with Gasteiger partial charge < -0.3 is 33.8 Å². The van der Waals surface area contributed by atoms with E-state index in [0.29, 0.717) is 41.4 Å². The minimum absolute atomic E-state index is 0.0449. The van der Waals surface area contributed by atoms with Crippen LogP contribution in [0.5, 0.6) is 17.6 Å². The fraction of sp³-hybridized carbons (Fsp3) is 0.342. The van der Waals surface area contributed by atoms with Crippen molar-refractivity contribution in [2.45, 2.75) is 82.5 Å². The molecule has 268 valence electrons. The van der Waals surface area contributed by atoms with E-state index in [1.807, 2.05) is 36.4 Å². The summed E-state index contributed by atoms with van der Waals surface area (Å²) < 4.78 is 23.0. The second-order valence-electron chi connectivity index (χ2n) is 14.0. The Kier molecular flexibility index (Phi) is 8.52. The maximum Gasteiger partial charge on any atom is 0.399 e. The number of piperidine rings is 1. The Morgan fingerprint density at radius 1 is 0.885 bits per heavy atom. The van der Waals surface area contributed by atoms with Gasteiger partial charge in [-0.05, 0) is 66.4 Å². The van der Waals surface area contributed by atoms with Gasteiger partial charge >= 0.3 is 6.08 Å². The lowest BCUT2D eigenvalue weighted by Crippen LogP contribution is -2.58. The third-order valence-electron chi connectivity index (χ3n) is 10.1. The van der Waals surface area contributed by atoms with Gasteiger partial charge in [0.15, 0.2) is 0 Å². The molecule has 3 aliphatic rings. The van der Waals surface area contributed by atoms with E-state index in [2.05, 4.69) is 51.8 Å². The summed E-state index contributed by atoms with van der Waals surface area (Å²) in [5.74, 6) is 1.50. The molecule has 2 amide bonds. The van der Waals surface area contributed by atoms with Gasteiger partial charge in [0.25, 0.3) is 17.7 Å². The van der Waals surface area contributed by atoms with Crippen LogP contribution in [0.1, 0.15) is 77.3 Å². The number of nitrogens with one attached hydrogen (secondary N) is 2. The number of ether oxygens (including phenoxy) is 2. The number of benzene rings is 3. The van der Waals surface area contributed by atoms with Crippen LogP contribution in [-0.2, 0) is 5.41 Å². The number of hydrogen-bond acceptors (Lipinski definition) is 13. The Labute approximate surface area is 298 Å². The van der Waals surface area contributed by atoms with Crippen LogP contribution in [0.4, 0.5) is 5.69 Å². The van der Waals surface area contributed by atoms with Gasteiger partial charge in [0.1, 0.15) is 30.1 Å². The van der Waals surface area contributed by atoms with Crippen LogP contribution in [0.2, 0.25) is 0 Å². The Morgan fingerprint density at radius 3 is 2.25 bits per heavy atom. The zero-order chi connectivity index (χ0) is 36.1. The van der Waals surface area contributed by atoms with Crippen LogP contribution in [0.25, 0.3) is 11.7 Å². The number of carbonyl (C=O) groups is 2. The van der Waals surface area contributed by atoms with Crippen molar-refractivity contribution in [1.29, 1.82) is 0 Å². The molecule has 52 heavy (non-hydrogen) atoms. The predicted octanol–water partition coefficient (Wildman–Crippen LogP) is 5.16. The van der Waals surface area contributed by atoms with E-state index in [-0.39, 0.29) is 29.5 Å². The highest BCUT2D eigenvalue weighted by Gasteiger charge is 2.44. The molecule has 14 heteroatoms. The molecule has 0 bridgehead atoms. The predicted molar refractivity (Wildman–Crippen MR) is 186 cm³/mol. The molecular formula is C38H38N6O8. The van der Waals surface area contributed by atoms with Crippen molar-refractivity contribution in [3.8, 4) is 29.2 Å². The van der Waals surface area contributed by atoms with E-state index in [0.717, 1.165) is 40.3 Å². The minimum Gasteiger partial charge on any atom is -0.490 e. The summed E-state index contributed by atoms with van der Waals surface area (Å²) in [6.07, 6.45) is 1.76. The molecular weight excluding hydrogens is 668 g/mol. The van der Waals surface area contributed by atoms with Gasteiger partial charge in [0, 0.05) is 36.9 Å². The second kappa shape index (κ2) is 13.2. The van der Waals surface area contributed by atoms with Crippen LogP contribution >= 0.6 is 0 Å². The number of rotatable bonds is 10. The number of aliphatic hydroxyl groups excluding tert-OH is 2. The number of aliphatic hydroxyl groups is 2. The first-order valence-corrected chi connectivity index (χ1v) is 17.2. The molecule has 5 aromatic rings. The number of aryl methyl sites for hydroxylation is 1. The fourth-order valence-corrected chi connectivity index (χ4v) is 6.96. The van der Waals surface area contributed by atoms with Gasteiger partial charge in [-0.15, -0.1) is 10.2 Å². The van der Waals surface area contributed by atoms with E-state index in [1.54, 1.807) is 25.1 Å². The largest absolute Gasteiger partial charge is 0.490 e. The van der Waals surface area contributed by atoms with Gasteiger partial charge in [-0.2, -0.15) is 4.98 Å². The molecule has 3 atom stereocenters. The molecule has 4 N–H and O–H groups in total. The van der Waals surface area contributed by atoms with Crippen LogP contribution in [0.15, 0.2) is 81.8 Å². The van der Waals surface area contributed by atoms with Gasteiger partial charge in [-0.1, -0.05) is 38.1 Å². The summed E-state index contributed by atoms with van der Waals surface area (Å²) in [7, 11) is 0. The van der Waals surface area contributed by atoms with E-state index < -0.39 is 30.3 Å². The van der Waals surface area contributed by atoms with E-state index in [9.17, 15) is 19.8 Å². The topological polar surface area (TPSA) is 185 Å². The van der Waals surface area contributed by atoms with E-state index >= 15 is 0 Å². The molecule has 8 rings (SSSR count). The number of hydrogen-bond donors (Lipinski definition) is 4. The van der Waals surface area contributed by atoms with Crippen molar-refractivity contribution in [1.82, 2.24) is 25.4 Å². The molecule has 2 aromatic heterocycles. The Hall–Kier alpha value is -5.57. The zero-order valence-electron chi connectivity index (χ0n) is 28.8. The minimum atomic E-state index is -1.19. The molecule has 4 heterocycles. The maximum absolute atomic E-state index is 13.2. The number of aromatic nitrogens is 3. The SMILES string of the molecule is Cc1nnc(-c2cnc(Oc3ccc(C(C)(C)c4ccc(OC5CC(Nc6ccc7c(c6)C(=O)N([C@@H]6CC[C@@H](O)N[C@@H]6O)C7=O)C5)cc4)cc3)o2)o1. The highest BCUT2D eigenvalue weighted by atomic mass is 16.6. The zero-order valence-corrected chi connectivity index (χ0v) is 28.8. The molecule has 0 radical (unpaired) electrons. The third-order valence-corrected chi connectivity index (χ3v) is 10.1. The number of oxazole rings is 1. The van der Waals surface area contributed by atoms with Gasteiger partial charge in [-0.3, -0.25) is 19.8 Å². The number of nitrogens with zero attached hydrogens (tertiary/aromatic N) is 4. The molecule has 2 fully saturated rings. The molecule has 1 saturated heterocycles. The molecule has 2 aliphatic heterocycles. The maximum atomic E-state index is 13.2. The van der Waals surface area contributed by atoms with Crippen LogP contribution in [0.3, 0.4) is 0 Å². The first-order valence-electron chi connectivity index (χ1n) is 17.2. The summed E-state index contributed by atoms with van der Waals surface area (Å²) >= 11 is 0. The number of imide groups is 1. The molecule has 1 aliphatic carbocycles. The average molecular weight is 707 g/mol. The average Bonchev–Trinajstić information content (AvgIpc) is 3.82. The standard InChI is InChI=1S/C38H38N6O8/c1-20-42-43-34(49-20)31-19-39-37(52-31)51-26-11-6-22(7-12-26)38(2,3)21-4-9-25(10-5-21)50-27-16-24(17-27)40-23-8-13-28-29(18-23)36(48)44(35(28)47)30-14-15-32(45)41-33(30)46/h4-13,18-19,24,27,30,32-33,40-41,45-46H,14-17H2,1-3H3/t24?,27?,30-,32-,33-/m1/s1. The highest BCUT2D eigenvalue weighted by Crippen LogP contribution is 2.36. The Bertz CT molecular complexity index is 2100. The van der Waals surface area contributed by atoms with Crippen molar-refractivity contribution >= 4 is 17.5 Å². The Morgan fingerprint density at radius 2 is 1.58 bits per heavy atom. The molecule has 3 aromatic carbocycles. The number of anilines is 1. The first kappa shape index (κ1) is 33.6. The lowest BCUT2D eigenvalue weighted by Gasteiger charge is -2.36. The lowest BCUT2D eigenvalue weighted by molar-refractivity contribution is -0.0413. The lowest BCUT2D eigenvalue weighted by atomic mass is 9.78. The normalized spacial score (nSPS) is 22.9. The quantitative estimate of drug-likeness (QED) is 0.140. The van der Waals surface area contributed by atoms with E-state index in [4.69, 9.17) is 18.3 Å². The molecule has 0 unspecified atom stereocenters. The van der Waals surface area contributed by atoms with Crippen LogP contribution < -0.4 is 20.1 Å². The van der Waals surface area contributed by atoms with Crippen LogP contribution in [0, 0.1) is 6.92 Å². The third kappa shape index (κ3) is 6.40. The van der Waals surface area contributed by atoms with Crippen LogP contribution in [-0.4, -0.2) is 72.8 Å². The van der Waals surface area contributed by atoms with Crippen molar-refractivity contribution < 1.29 is 38.1 Å². The summed E-state index contributed by atoms with van der Waals surface area (Å²) in [6, 6.07) is 20.5. The summed E-state index contributed by atoms with van der Waals surface area (Å²) in [6.45, 7) is 6.02. The smallest absolute Gasteiger partial charge is 0.399 e. The number of fused-ring (bicyclic) bond motifs is 1. The highest BCUT2D eigenvalue weighted by molar-refractivity contribution is 6.22. The number of amides is 2. The van der Waals surface area contributed by atoms with E-state index in [1.165, 1.54) is 6.20 Å². The molecule has 0 spiro atoms. The van der Waals surface area contributed by atoms with Crippen molar-refractivity contribution in [3.05, 3.63) is 101 Å². The summed E-state index contributed by atoms with van der Waals surface area (Å²) in [4.78, 5) is 31.5. The molecule has 14 nitrogen and oxygen atoms in total. The summed E-state index contributed by atoms with van der Waals surface area (Å²) in [5, 5.41) is 33.9. The second-order valence-corrected chi connectivity index (χ2v) is 14.0. The first-order chi connectivity index (χ1) is 25.0. The summed E-state index contributed by atoms with van der Waals surface area (Å²) in [5.41, 5.74) is 3.31. The Balaban J connectivity index is 0.831. The fourth-order valence-electron chi connectivity index (χ4n) is 6.96. The number of carbonyl (C=O) groups excluding carboxylic acids is 2. The monoisotopic (exact) mass is 706 g/mol. The van der Waals surface area contributed by atoms with Gasteiger partial charge in [0.05, 0.1) is 23.4 Å². The van der Waals surface area contributed by atoms with Crippen molar-refractivity contribution in [2.75, 3.05) is 5.32 Å². The molecule has 1 saturated carbocycles. The van der Waals surface area contributed by atoms with Crippen molar-refractivity contribution in [3.63, 3.8) is 0 Å². The van der Waals surface area contributed by atoms with Gasteiger partial charge in [0.2, 0.25) is 11.7 Å².